The van der Waals surface area contributed by atoms with Crippen molar-refractivity contribution in [2.75, 3.05) is 6.61 Å². The molecule has 0 atom stereocenters. The summed E-state index contributed by atoms with van der Waals surface area (Å²) in [4.78, 5) is 55.4. The van der Waals surface area contributed by atoms with E-state index >= 15 is 0 Å². The SMILES string of the molecule is CCOC(=O)C(=O)c1ccc(C2CCC(CC(=O)O)CC2)cc1.O=C(O)Cc1ccc(C2CCC(CC(=O)O)CC2)cc1. The molecule has 0 saturated heterocycles. The van der Waals surface area contributed by atoms with Crippen molar-refractivity contribution in [3.05, 3.63) is 70.8 Å². The second-order valence-electron chi connectivity index (χ2n) is 11.6. The maximum atomic E-state index is 11.8. The summed E-state index contributed by atoms with van der Waals surface area (Å²) < 4.78 is 4.71. The van der Waals surface area contributed by atoms with Gasteiger partial charge in [0.25, 0.3) is 5.78 Å². The molecule has 232 valence electrons. The van der Waals surface area contributed by atoms with Crippen molar-refractivity contribution in [1.29, 1.82) is 0 Å². The molecule has 0 radical (unpaired) electrons. The summed E-state index contributed by atoms with van der Waals surface area (Å²) in [5.74, 6) is -2.22. The van der Waals surface area contributed by atoms with Crippen LogP contribution in [0.1, 0.15) is 110 Å². The van der Waals surface area contributed by atoms with Crippen LogP contribution in [0.2, 0.25) is 0 Å². The Hall–Kier alpha value is -4.01. The van der Waals surface area contributed by atoms with Crippen LogP contribution in [0.25, 0.3) is 0 Å². The molecule has 0 aliphatic heterocycles. The highest BCUT2D eigenvalue weighted by Gasteiger charge is 2.25. The highest BCUT2D eigenvalue weighted by molar-refractivity contribution is 6.40. The number of carbonyl (C=O) groups excluding carboxylic acids is 2. The van der Waals surface area contributed by atoms with Gasteiger partial charge in [-0.2, -0.15) is 0 Å². The lowest BCUT2D eigenvalue weighted by Gasteiger charge is -2.28. The van der Waals surface area contributed by atoms with E-state index in [4.69, 9.17) is 20.1 Å². The number of ketones is 1. The maximum Gasteiger partial charge on any atom is 0.379 e. The summed E-state index contributed by atoms with van der Waals surface area (Å²) in [6, 6.07) is 14.9. The van der Waals surface area contributed by atoms with Crippen LogP contribution in [0.3, 0.4) is 0 Å². The van der Waals surface area contributed by atoms with Gasteiger partial charge in [0.15, 0.2) is 0 Å². The van der Waals surface area contributed by atoms with Gasteiger partial charge in [-0.3, -0.25) is 19.2 Å². The molecule has 2 fully saturated rings. The molecule has 0 amide bonds. The van der Waals surface area contributed by atoms with E-state index in [0.29, 0.717) is 23.3 Å². The summed E-state index contributed by atoms with van der Waals surface area (Å²) >= 11 is 0. The van der Waals surface area contributed by atoms with E-state index < -0.39 is 29.7 Å². The molecule has 43 heavy (non-hydrogen) atoms. The standard InChI is InChI=1S/C18H22O5.C16H20O4/c1-2-23-18(22)17(21)15-9-7-14(8-10-15)13-5-3-12(4-6-13)11-16(19)20;17-15(18)9-11-1-5-13(6-2-11)14-7-3-12(4-8-14)10-16(19)20/h7-10,12-13H,2-6,11H2,1H3,(H,19,20);1-2,5-6,12,14H,3-4,7-10H2,(H,17,18)(H,19,20). The minimum absolute atomic E-state index is 0.0611. The normalized spacial score (nSPS) is 21.5. The number of carboxylic acids is 3. The number of rotatable bonds is 11. The molecule has 0 unspecified atom stereocenters. The molecule has 9 heteroatoms. The average Bonchev–Trinajstić information content (AvgIpc) is 2.98. The maximum absolute atomic E-state index is 11.8. The van der Waals surface area contributed by atoms with E-state index in [1.54, 1.807) is 19.1 Å². The topological polar surface area (TPSA) is 155 Å². The van der Waals surface area contributed by atoms with E-state index in [1.165, 1.54) is 5.56 Å². The summed E-state index contributed by atoms with van der Waals surface area (Å²) in [6.45, 7) is 1.84. The van der Waals surface area contributed by atoms with Crippen molar-refractivity contribution in [2.45, 2.75) is 89.4 Å². The number of Topliss-reactive ketones (excluding diaryl/α,β-unsaturated/α-hetero) is 1. The zero-order valence-corrected chi connectivity index (χ0v) is 24.7. The molecule has 0 aromatic heterocycles. The first-order valence-corrected chi connectivity index (χ1v) is 15.1. The summed E-state index contributed by atoms with van der Waals surface area (Å²) in [7, 11) is 0. The molecule has 3 N–H and O–H groups in total. The molecule has 2 aromatic carbocycles. The lowest BCUT2D eigenvalue weighted by molar-refractivity contribution is -0.139. The van der Waals surface area contributed by atoms with Gasteiger partial charge in [0.2, 0.25) is 0 Å². The van der Waals surface area contributed by atoms with Gasteiger partial charge in [0.05, 0.1) is 13.0 Å². The minimum Gasteiger partial charge on any atom is -0.481 e. The lowest BCUT2D eigenvalue weighted by Crippen LogP contribution is -2.18. The number of hydrogen-bond acceptors (Lipinski definition) is 6. The van der Waals surface area contributed by atoms with Crippen molar-refractivity contribution >= 4 is 29.7 Å². The number of aliphatic carboxylic acids is 3. The monoisotopic (exact) mass is 594 g/mol. The van der Waals surface area contributed by atoms with Gasteiger partial charge in [0.1, 0.15) is 0 Å². The predicted molar refractivity (Wildman–Crippen MR) is 159 cm³/mol. The molecule has 2 saturated carbocycles. The summed E-state index contributed by atoms with van der Waals surface area (Å²) in [6.07, 6.45) is 8.33. The number of benzene rings is 2. The third kappa shape index (κ3) is 11.0. The molecular formula is C34H42O9. The van der Waals surface area contributed by atoms with Crippen LogP contribution < -0.4 is 0 Å². The molecule has 0 spiro atoms. The van der Waals surface area contributed by atoms with Gasteiger partial charge >= 0.3 is 23.9 Å². The quantitative estimate of drug-likeness (QED) is 0.156. The van der Waals surface area contributed by atoms with Gasteiger partial charge in [-0.05, 0) is 98.7 Å². The fourth-order valence-corrected chi connectivity index (χ4v) is 6.20. The molecule has 2 aromatic rings. The van der Waals surface area contributed by atoms with Crippen LogP contribution >= 0.6 is 0 Å². The van der Waals surface area contributed by atoms with Crippen LogP contribution in [0.4, 0.5) is 0 Å². The van der Waals surface area contributed by atoms with E-state index in [1.807, 2.05) is 36.4 Å². The van der Waals surface area contributed by atoms with E-state index in [0.717, 1.165) is 62.5 Å². The first-order valence-electron chi connectivity index (χ1n) is 15.1. The fraction of sp³-hybridized carbons (Fsp3) is 0.500. The van der Waals surface area contributed by atoms with Gasteiger partial charge < -0.3 is 20.1 Å². The van der Waals surface area contributed by atoms with Crippen molar-refractivity contribution in [3.8, 4) is 0 Å². The third-order valence-corrected chi connectivity index (χ3v) is 8.53. The van der Waals surface area contributed by atoms with Crippen LogP contribution in [0.5, 0.6) is 0 Å². The van der Waals surface area contributed by atoms with Crippen molar-refractivity contribution < 1.29 is 44.0 Å². The van der Waals surface area contributed by atoms with Gasteiger partial charge in [-0.15, -0.1) is 0 Å². The Bertz CT molecular complexity index is 1230. The second-order valence-corrected chi connectivity index (χ2v) is 11.6. The zero-order valence-electron chi connectivity index (χ0n) is 24.7. The van der Waals surface area contributed by atoms with Gasteiger partial charge in [0, 0.05) is 18.4 Å². The van der Waals surface area contributed by atoms with E-state index in [-0.39, 0.29) is 31.8 Å². The number of ether oxygens (including phenoxy) is 1. The van der Waals surface area contributed by atoms with Crippen molar-refractivity contribution in [2.24, 2.45) is 11.8 Å². The second kappa shape index (κ2) is 16.6. The molecular weight excluding hydrogens is 552 g/mol. The minimum atomic E-state index is -0.825. The number of carbonyl (C=O) groups is 5. The smallest absolute Gasteiger partial charge is 0.379 e. The number of hydrogen-bond donors (Lipinski definition) is 3. The molecule has 4 rings (SSSR count). The Labute approximate surface area is 252 Å². The Kier molecular flexibility index (Phi) is 12.9. The molecule has 9 nitrogen and oxygen atoms in total. The van der Waals surface area contributed by atoms with Crippen LogP contribution in [0, 0.1) is 11.8 Å². The zero-order chi connectivity index (χ0) is 31.4. The summed E-state index contributed by atoms with van der Waals surface area (Å²) in [5, 5.41) is 26.4. The largest absolute Gasteiger partial charge is 0.481 e. The Morgan fingerprint density at radius 1 is 0.628 bits per heavy atom. The predicted octanol–water partition coefficient (Wildman–Crippen LogP) is 6.24. The first-order chi connectivity index (χ1) is 20.5. The molecule has 2 aliphatic carbocycles. The Morgan fingerprint density at radius 3 is 1.42 bits per heavy atom. The van der Waals surface area contributed by atoms with Crippen molar-refractivity contribution in [1.82, 2.24) is 0 Å². The highest BCUT2D eigenvalue weighted by atomic mass is 16.5. The van der Waals surface area contributed by atoms with Crippen LogP contribution in [-0.2, 0) is 30.3 Å². The Morgan fingerprint density at radius 2 is 1.05 bits per heavy atom. The lowest BCUT2D eigenvalue weighted by atomic mass is 9.77. The van der Waals surface area contributed by atoms with Crippen LogP contribution in [-0.4, -0.2) is 51.6 Å². The first kappa shape index (κ1) is 33.5. The van der Waals surface area contributed by atoms with Crippen molar-refractivity contribution in [3.63, 3.8) is 0 Å². The molecule has 2 aliphatic rings. The van der Waals surface area contributed by atoms with Crippen LogP contribution in [0.15, 0.2) is 48.5 Å². The average molecular weight is 595 g/mol. The highest BCUT2D eigenvalue weighted by Crippen LogP contribution is 2.38. The van der Waals surface area contributed by atoms with Gasteiger partial charge in [-0.25, -0.2) is 4.79 Å². The number of carboxylic acid groups (broad SMARTS) is 3. The molecule has 0 heterocycles. The fourth-order valence-electron chi connectivity index (χ4n) is 6.20. The third-order valence-electron chi connectivity index (χ3n) is 8.53. The summed E-state index contributed by atoms with van der Waals surface area (Å²) in [5.41, 5.74) is 3.54. The van der Waals surface area contributed by atoms with E-state index in [9.17, 15) is 24.0 Å². The Balaban J connectivity index is 0.000000238. The molecule has 0 bridgehead atoms. The number of esters is 1. The van der Waals surface area contributed by atoms with Gasteiger partial charge in [-0.1, -0.05) is 48.5 Å². The van der Waals surface area contributed by atoms with E-state index in [2.05, 4.69) is 0 Å².